The zero-order chi connectivity index (χ0) is 19.5. The Labute approximate surface area is 169 Å². The second kappa shape index (κ2) is 8.26. The number of morpholine rings is 1. The Kier molecular flexibility index (Phi) is 5.19. The molecule has 0 radical (unpaired) electrons. The van der Waals surface area contributed by atoms with Gasteiger partial charge in [-0.3, -0.25) is 14.9 Å². The fraction of sp³-hybridized carbons (Fsp3) is 0.429. The molecule has 0 aliphatic carbocycles. The molecular formula is C21H24N6O2. The van der Waals surface area contributed by atoms with Crippen molar-refractivity contribution in [2.45, 2.75) is 18.9 Å². The molecule has 3 aromatic heterocycles. The van der Waals surface area contributed by atoms with Gasteiger partial charge < -0.3 is 14.1 Å². The molecule has 0 N–H and O–H groups in total. The van der Waals surface area contributed by atoms with Crippen LogP contribution in [0.4, 0.5) is 5.95 Å². The van der Waals surface area contributed by atoms with Crippen LogP contribution in [0.15, 0.2) is 47.6 Å². The molecule has 0 aromatic carbocycles. The van der Waals surface area contributed by atoms with Gasteiger partial charge in [-0.05, 0) is 25.0 Å². The molecule has 5 heterocycles. The van der Waals surface area contributed by atoms with Crippen molar-refractivity contribution >= 4 is 5.95 Å². The van der Waals surface area contributed by atoms with Gasteiger partial charge in [0.1, 0.15) is 5.69 Å². The predicted molar refractivity (Wildman–Crippen MR) is 108 cm³/mol. The highest BCUT2D eigenvalue weighted by Gasteiger charge is 2.27. The Bertz CT molecular complexity index is 920. The van der Waals surface area contributed by atoms with E-state index in [9.17, 15) is 0 Å². The Hall–Kier alpha value is -2.84. The molecule has 0 unspecified atom stereocenters. The number of furan rings is 1. The van der Waals surface area contributed by atoms with Crippen LogP contribution in [0.2, 0.25) is 0 Å². The van der Waals surface area contributed by atoms with E-state index in [0.29, 0.717) is 11.8 Å². The van der Waals surface area contributed by atoms with Gasteiger partial charge in [0, 0.05) is 56.4 Å². The van der Waals surface area contributed by atoms with Gasteiger partial charge in [0.05, 0.1) is 31.4 Å². The lowest BCUT2D eigenvalue weighted by atomic mass is 10.0. The van der Waals surface area contributed by atoms with Gasteiger partial charge in [-0.2, -0.15) is 0 Å². The number of nitrogens with zero attached hydrogens (tertiary/aromatic N) is 6. The maximum atomic E-state index is 5.64. The number of hydrogen-bond donors (Lipinski definition) is 0. The van der Waals surface area contributed by atoms with E-state index >= 15 is 0 Å². The van der Waals surface area contributed by atoms with Crippen molar-refractivity contribution in [2.75, 3.05) is 44.3 Å². The van der Waals surface area contributed by atoms with Crippen LogP contribution in [0.25, 0.3) is 22.7 Å². The normalized spacial score (nSPS) is 18.8. The van der Waals surface area contributed by atoms with Crippen LogP contribution in [-0.4, -0.2) is 70.3 Å². The number of anilines is 1. The summed E-state index contributed by atoms with van der Waals surface area (Å²) in [5.41, 5.74) is 2.30. The molecule has 0 bridgehead atoms. The molecule has 29 heavy (non-hydrogen) atoms. The number of piperidine rings is 1. The number of ether oxygens (including phenoxy) is 1. The highest BCUT2D eigenvalue weighted by molar-refractivity contribution is 5.76. The zero-order valence-corrected chi connectivity index (χ0v) is 16.3. The summed E-state index contributed by atoms with van der Waals surface area (Å²) in [5, 5.41) is 0. The first-order valence-electron chi connectivity index (χ1n) is 10.1. The van der Waals surface area contributed by atoms with Crippen LogP contribution in [-0.2, 0) is 4.74 Å². The van der Waals surface area contributed by atoms with Gasteiger partial charge in [0.25, 0.3) is 0 Å². The average molecular weight is 392 g/mol. The Morgan fingerprint density at radius 1 is 0.966 bits per heavy atom. The molecule has 5 rings (SSSR count). The third kappa shape index (κ3) is 3.86. The van der Waals surface area contributed by atoms with Gasteiger partial charge in [-0.15, -0.1) is 0 Å². The third-order valence-electron chi connectivity index (χ3n) is 5.68. The standard InChI is InChI=1S/C21H24N6O2/c1-2-19(29-11-1)20-17(18-15-22-5-6-23-18)14-24-21(25-20)27-7-3-16(4-8-27)26-9-12-28-13-10-26/h1-2,5-6,11,14-16H,3-4,7-10,12-13H2. The Morgan fingerprint density at radius 2 is 1.83 bits per heavy atom. The summed E-state index contributed by atoms with van der Waals surface area (Å²) in [5.74, 6) is 1.45. The molecule has 2 saturated heterocycles. The quantitative estimate of drug-likeness (QED) is 0.670. The molecule has 8 nitrogen and oxygen atoms in total. The molecule has 3 aromatic rings. The SMILES string of the molecule is c1coc(-c2nc(N3CCC(N4CCOCC4)CC3)ncc2-c2cnccn2)c1. The molecule has 0 atom stereocenters. The van der Waals surface area contributed by atoms with Crippen molar-refractivity contribution < 1.29 is 9.15 Å². The van der Waals surface area contributed by atoms with Crippen molar-refractivity contribution in [1.82, 2.24) is 24.8 Å². The summed E-state index contributed by atoms with van der Waals surface area (Å²) in [6.07, 6.45) is 10.8. The summed E-state index contributed by atoms with van der Waals surface area (Å²) in [6.45, 7) is 5.67. The lowest BCUT2D eigenvalue weighted by Crippen LogP contribution is -2.49. The van der Waals surface area contributed by atoms with Crippen LogP contribution in [0.5, 0.6) is 0 Å². The Morgan fingerprint density at radius 3 is 2.55 bits per heavy atom. The van der Waals surface area contributed by atoms with Gasteiger partial charge in [-0.25, -0.2) is 9.97 Å². The minimum absolute atomic E-state index is 0.624. The van der Waals surface area contributed by atoms with Crippen molar-refractivity contribution in [1.29, 1.82) is 0 Å². The van der Waals surface area contributed by atoms with E-state index in [4.69, 9.17) is 14.1 Å². The lowest BCUT2D eigenvalue weighted by Gasteiger charge is -2.40. The molecule has 150 valence electrons. The maximum absolute atomic E-state index is 5.64. The minimum Gasteiger partial charge on any atom is -0.463 e. The average Bonchev–Trinajstić information content (AvgIpc) is 3.35. The fourth-order valence-corrected chi connectivity index (χ4v) is 4.13. The molecular weight excluding hydrogens is 368 g/mol. The lowest BCUT2D eigenvalue weighted by molar-refractivity contribution is 0.0114. The number of aromatic nitrogens is 4. The topological polar surface area (TPSA) is 80.4 Å². The van der Waals surface area contributed by atoms with Crippen LogP contribution >= 0.6 is 0 Å². The van der Waals surface area contributed by atoms with Gasteiger partial charge >= 0.3 is 0 Å². The summed E-state index contributed by atoms with van der Waals surface area (Å²) < 4.78 is 11.1. The molecule has 0 spiro atoms. The van der Waals surface area contributed by atoms with Crippen LogP contribution in [0.3, 0.4) is 0 Å². The van der Waals surface area contributed by atoms with Crippen LogP contribution < -0.4 is 4.90 Å². The molecule has 2 aliphatic heterocycles. The van der Waals surface area contributed by atoms with E-state index in [2.05, 4.69) is 24.8 Å². The largest absolute Gasteiger partial charge is 0.463 e. The van der Waals surface area contributed by atoms with E-state index in [0.717, 1.165) is 75.1 Å². The van der Waals surface area contributed by atoms with Gasteiger partial charge in [0.2, 0.25) is 5.95 Å². The zero-order valence-electron chi connectivity index (χ0n) is 16.3. The number of hydrogen-bond acceptors (Lipinski definition) is 8. The third-order valence-corrected chi connectivity index (χ3v) is 5.68. The molecule has 2 aliphatic rings. The highest BCUT2D eigenvalue weighted by Crippen LogP contribution is 2.31. The van der Waals surface area contributed by atoms with Crippen LogP contribution in [0.1, 0.15) is 12.8 Å². The van der Waals surface area contributed by atoms with Crippen molar-refractivity contribution in [2.24, 2.45) is 0 Å². The molecule has 8 heteroatoms. The predicted octanol–water partition coefficient (Wildman–Crippen LogP) is 2.49. The van der Waals surface area contributed by atoms with Crippen molar-refractivity contribution in [3.05, 3.63) is 43.2 Å². The number of rotatable bonds is 4. The van der Waals surface area contributed by atoms with E-state index in [1.165, 1.54) is 0 Å². The Balaban J connectivity index is 1.38. The van der Waals surface area contributed by atoms with E-state index < -0.39 is 0 Å². The fourth-order valence-electron chi connectivity index (χ4n) is 4.13. The van der Waals surface area contributed by atoms with E-state index in [1.807, 2.05) is 18.3 Å². The first-order valence-corrected chi connectivity index (χ1v) is 10.1. The van der Waals surface area contributed by atoms with Crippen LogP contribution in [0, 0.1) is 0 Å². The monoisotopic (exact) mass is 392 g/mol. The first kappa shape index (κ1) is 18.2. The van der Waals surface area contributed by atoms with Crippen molar-refractivity contribution in [3.8, 4) is 22.7 Å². The summed E-state index contributed by atoms with van der Waals surface area (Å²) in [7, 11) is 0. The first-order chi connectivity index (χ1) is 14.4. The molecule has 2 fully saturated rings. The second-order valence-electron chi connectivity index (χ2n) is 7.37. The summed E-state index contributed by atoms with van der Waals surface area (Å²) in [6, 6.07) is 4.40. The van der Waals surface area contributed by atoms with Crippen molar-refractivity contribution in [3.63, 3.8) is 0 Å². The molecule has 0 saturated carbocycles. The minimum atomic E-state index is 0.624. The maximum Gasteiger partial charge on any atom is 0.226 e. The van der Waals surface area contributed by atoms with Gasteiger partial charge in [-0.1, -0.05) is 0 Å². The molecule has 0 amide bonds. The second-order valence-corrected chi connectivity index (χ2v) is 7.37. The smallest absolute Gasteiger partial charge is 0.226 e. The highest BCUT2D eigenvalue weighted by atomic mass is 16.5. The van der Waals surface area contributed by atoms with E-state index in [1.54, 1.807) is 24.9 Å². The van der Waals surface area contributed by atoms with E-state index in [-0.39, 0.29) is 0 Å². The summed E-state index contributed by atoms with van der Waals surface area (Å²) >= 11 is 0. The van der Waals surface area contributed by atoms with Gasteiger partial charge in [0.15, 0.2) is 5.76 Å². The summed E-state index contributed by atoms with van der Waals surface area (Å²) in [4.78, 5) is 22.9.